The Balaban J connectivity index is 1.73. The highest BCUT2D eigenvalue weighted by molar-refractivity contribution is 6.10. The average Bonchev–Trinajstić information content (AvgIpc) is 2.83. The standard InChI is InChI=1S/C18H15F2N3O3/c1-18(11-5-3-2-4-6-11)16(25)23(17(26)22-18)10-15(24)21-12-7-8-13(19)14(20)9-12/h2-9H,10H2,1H3,(H,21,24)(H,22,26). The third kappa shape index (κ3) is 3.13. The third-order valence-corrected chi connectivity index (χ3v) is 4.13. The van der Waals surface area contributed by atoms with Crippen LogP contribution in [0.4, 0.5) is 19.3 Å². The van der Waals surface area contributed by atoms with Crippen molar-refractivity contribution in [2.45, 2.75) is 12.5 Å². The minimum absolute atomic E-state index is 0.0202. The van der Waals surface area contributed by atoms with Crippen molar-refractivity contribution < 1.29 is 23.2 Å². The second-order valence-corrected chi connectivity index (χ2v) is 5.99. The number of amides is 4. The van der Waals surface area contributed by atoms with Gasteiger partial charge in [-0.15, -0.1) is 0 Å². The van der Waals surface area contributed by atoms with Crippen LogP contribution < -0.4 is 10.6 Å². The number of urea groups is 1. The predicted molar refractivity (Wildman–Crippen MR) is 89.0 cm³/mol. The number of carbonyl (C=O) groups is 3. The molecule has 1 saturated heterocycles. The summed E-state index contributed by atoms with van der Waals surface area (Å²) < 4.78 is 26.1. The van der Waals surface area contributed by atoms with E-state index in [0.717, 1.165) is 17.0 Å². The molecule has 26 heavy (non-hydrogen) atoms. The highest BCUT2D eigenvalue weighted by atomic mass is 19.2. The largest absolute Gasteiger partial charge is 0.325 e. The Morgan fingerprint density at radius 3 is 2.46 bits per heavy atom. The third-order valence-electron chi connectivity index (χ3n) is 4.13. The summed E-state index contributed by atoms with van der Waals surface area (Å²) in [5.74, 6) is -3.45. The summed E-state index contributed by atoms with van der Waals surface area (Å²) in [6, 6.07) is 10.8. The van der Waals surface area contributed by atoms with Crippen molar-refractivity contribution in [2.24, 2.45) is 0 Å². The molecule has 1 aliphatic heterocycles. The molecule has 0 bridgehead atoms. The lowest BCUT2D eigenvalue weighted by atomic mass is 9.92. The fraction of sp³-hybridized carbons (Fsp3) is 0.167. The smallest absolute Gasteiger partial charge is 0.324 e. The highest BCUT2D eigenvalue weighted by Gasteiger charge is 2.49. The molecule has 1 heterocycles. The van der Waals surface area contributed by atoms with Crippen LogP contribution >= 0.6 is 0 Å². The molecule has 0 saturated carbocycles. The molecule has 2 aromatic rings. The van der Waals surface area contributed by atoms with Gasteiger partial charge < -0.3 is 10.6 Å². The van der Waals surface area contributed by atoms with E-state index in [9.17, 15) is 23.2 Å². The van der Waals surface area contributed by atoms with Gasteiger partial charge in [0.05, 0.1) is 0 Å². The number of hydrogen-bond donors (Lipinski definition) is 2. The van der Waals surface area contributed by atoms with Crippen LogP contribution in [-0.2, 0) is 15.1 Å². The van der Waals surface area contributed by atoms with Crippen molar-refractivity contribution in [2.75, 3.05) is 11.9 Å². The van der Waals surface area contributed by atoms with Gasteiger partial charge in [0.15, 0.2) is 11.6 Å². The fourth-order valence-electron chi connectivity index (χ4n) is 2.73. The second-order valence-electron chi connectivity index (χ2n) is 5.99. The molecule has 1 aliphatic rings. The lowest BCUT2D eigenvalue weighted by Gasteiger charge is -2.22. The molecule has 0 spiro atoms. The van der Waals surface area contributed by atoms with E-state index in [1.165, 1.54) is 6.07 Å². The molecule has 0 aromatic heterocycles. The van der Waals surface area contributed by atoms with Gasteiger partial charge in [0.25, 0.3) is 5.91 Å². The van der Waals surface area contributed by atoms with E-state index in [4.69, 9.17) is 0 Å². The molecule has 134 valence electrons. The van der Waals surface area contributed by atoms with Crippen LogP contribution in [0.25, 0.3) is 0 Å². The van der Waals surface area contributed by atoms with Gasteiger partial charge in [-0.3, -0.25) is 14.5 Å². The van der Waals surface area contributed by atoms with Crippen molar-refractivity contribution in [1.82, 2.24) is 10.2 Å². The minimum Gasteiger partial charge on any atom is -0.324 e. The number of halogens is 2. The number of nitrogens with one attached hydrogen (secondary N) is 2. The Labute approximate surface area is 147 Å². The Morgan fingerprint density at radius 1 is 1.12 bits per heavy atom. The van der Waals surface area contributed by atoms with Gasteiger partial charge in [-0.25, -0.2) is 13.6 Å². The van der Waals surface area contributed by atoms with Crippen LogP contribution in [0.3, 0.4) is 0 Å². The Hall–Kier alpha value is -3.29. The fourth-order valence-corrected chi connectivity index (χ4v) is 2.73. The molecule has 3 rings (SSSR count). The van der Waals surface area contributed by atoms with E-state index in [0.29, 0.717) is 5.56 Å². The first-order valence-corrected chi connectivity index (χ1v) is 7.76. The summed E-state index contributed by atoms with van der Waals surface area (Å²) in [4.78, 5) is 37.7. The van der Waals surface area contributed by atoms with E-state index < -0.39 is 41.6 Å². The van der Waals surface area contributed by atoms with Crippen molar-refractivity contribution in [3.05, 3.63) is 65.7 Å². The summed E-state index contributed by atoms with van der Waals surface area (Å²) in [5.41, 5.74) is -0.672. The Kier molecular flexibility index (Phi) is 4.41. The second kappa shape index (κ2) is 6.55. The Bertz CT molecular complexity index is 889. The molecule has 1 fully saturated rings. The Morgan fingerprint density at radius 2 is 1.81 bits per heavy atom. The van der Waals surface area contributed by atoms with E-state index >= 15 is 0 Å². The number of imide groups is 1. The SMILES string of the molecule is CC1(c2ccccc2)NC(=O)N(CC(=O)Nc2ccc(F)c(F)c2)C1=O. The van der Waals surface area contributed by atoms with Gasteiger partial charge in [-0.05, 0) is 24.6 Å². The number of hydrogen-bond acceptors (Lipinski definition) is 3. The van der Waals surface area contributed by atoms with Gasteiger partial charge in [-0.2, -0.15) is 0 Å². The van der Waals surface area contributed by atoms with E-state index in [1.54, 1.807) is 37.3 Å². The maximum Gasteiger partial charge on any atom is 0.325 e. The summed E-state index contributed by atoms with van der Waals surface area (Å²) in [5, 5.41) is 4.91. The number of rotatable bonds is 4. The van der Waals surface area contributed by atoms with E-state index in [-0.39, 0.29) is 5.69 Å². The number of nitrogens with zero attached hydrogens (tertiary/aromatic N) is 1. The molecule has 0 radical (unpaired) electrons. The molecule has 8 heteroatoms. The van der Waals surface area contributed by atoms with Crippen LogP contribution in [0.2, 0.25) is 0 Å². The van der Waals surface area contributed by atoms with Crippen LogP contribution in [0.15, 0.2) is 48.5 Å². The zero-order valence-corrected chi connectivity index (χ0v) is 13.8. The van der Waals surface area contributed by atoms with Crippen molar-refractivity contribution in [1.29, 1.82) is 0 Å². The van der Waals surface area contributed by atoms with Crippen LogP contribution in [0.1, 0.15) is 12.5 Å². The van der Waals surface area contributed by atoms with Crippen LogP contribution in [-0.4, -0.2) is 29.3 Å². The quantitative estimate of drug-likeness (QED) is 0.823. The first-order valence-electron chi connectivity index (χ1n) is 7.76. The summed E-state index contributed by atoms with van der Waals surface area (Å²) in [7, 11) is 0. The summed E-state index contributed by atoms with van der Waals surface area (Å²) in [6.45, 7) is 1.00. The maximum atomic E-state index is 13.2. The van der Waals surface area contributed by atoms with Gasteiger partial charge >= 0.3 is 6.03 Å². The minimum atomic E-state index is -1.28. The van der Waals surface area contributed by atoms with Crippen molar-refractivity contribution in [3.63, 3.8) is 0 Å². The molecule has 2 aromatic carbocycles. The molecule has 2 N–H and O–H groups in total. The van der Waals surface area contributed by atoms with Crippen LogP contribution in [0, 0.1) is 11.6 Å². The van der Waals surface area contributed by atoms with Crippen molar-refractivity contribution >= 4 is 23.5 Å². The van der Waals surface area contributed by atoms with Gasteiger partial charge in [-0.1, -0.05) is 30.3 Å². The summed E-state index contributed by atoms with van der Waals surface area (Å²) >= 11 is 0. The van der Waals surface area contributed by atoms with Gasteiger partial charge in [0, 0.05) is 11.8 Å². The average molecular weight is 359 g/mol. The van der Waals surface area contributed by atoms with E-state index in [2.05, 4.69) is 10.6 Å². The molecular weight excluding hydrogens is 344 g/mol. The molecule has 0 aliphatic carbocycles. The van der Waals surface area contributed by atoms with Gasteiger partial charge in [0.2, 0.25) is 5.91 Å². The highest BCUT2D eigenvalue weighted by Crippen LogP contribution is 2.28. The van der Waals surface area contributed by atoms with Gasteiger partial charge in [0.1, 0.15) is 12.1 Å². The number of benzene rings is 2. The summed E-state index contributed by atoms with van der Waals surface area (Å²) in [6.07, 6.45) is 0. The molecule has 4 amide bonds. The number of carbonyl (C=O) groups excluding carboxylic acids is 3. The number of anilines is 1. The molecule has 6 nitrogen and oxygen atoms in total. The zero-order valence-electron chi connectivity index (χ0n) is 13.8. The van der Waals surface area contributed by atoms with Crippen molar-refractivity contribution in [3.8, 4) is 0 Å². The molecule has 1 unspecified atom stereocenters. The topological polar surface area (TPSA) is 78.5 Å². The first kappa shape index (κ1) is 17.5. The molecule has 1 atom stereocenters. The zero-order chi connectivity index (χ0) is 18.9. The molecular formula is C18H15F2N3O3. The maximum absolute atomic E-state index is 13.2. The lowest BCUT2D eigenvalue weighted by molar-refractivity contribution is -0.133. The van der Waals surface area contributed by atoms with E-state index in [1.807, 2.05) is 0 Å². The van der Waals surface area contributed by atoms with Crippen LogP contribution in [0.5, 0.6) is 0 Å². The normalized spacial score (nSPS) is 19.4. The predicted octanol–water partition coefficient (Wildman–Crippen LogP) is 2.37. The monoisotopic (exact) mass is 359 g/mol. The first-order chi connectivity index (χ1) is 12.3. The lowest BCUT2D eigenvalue weighted by Crippen LogP contribution is -2.42.